The number of morpholine rings is 1. The van der Waals surface area contributed by atoms with E-state index in [9.17, 15) is 13.2 Å². The van der Waals surface area contributed by atoms with Gasteiger partial charge in [0.15, 0.2) is 0 Å². The number of carbonyl (C=O) groups is 1. The van der Waals surface area contributed by atoms with Crippen molar-refractivity contribution in [3.05, 3.63) is 35.9 Å². The summed E-state index contributed by atoms with van der Waals surface area (Å²) < 4.78 is 32.6. The lowest BCUT2D eigenvalue weighted by Crippen LogP contribution is -2.40. The van der Waals surface area contributed by atoms with Crippen molar-refractivity contribution < 1.29 is 17.9 Å². The van der Waals surface area contributed by atoms with E-state index in [4.69, 9.17) is 4.74 Å². The minimum absolute atomic E-state index is 0.00870. The number of benzene rings is 1. The van der Waals surface area contributed by atoms with Crippen LogP contribution in [0.25, 0.3) is 0 Å². The molecular formula is C19H24N2O4S. The van der Waals surface area contributed by atoms with Gasteiger partial charge in [0.1, 0.15) is 0 Å². The maximum atomic E-state index is 13.0. The summed E-state index contributed by atoms with van der Waals surface area (Å²) in [6.07, 6.45) is 6.29. The smallest absolute Gasteiger partial charge is 0.243 e. The van der Waals surface area contributed by atoms with Gasteiger partial charge in [-0.05, 0) is 49.3 Å². The fourth-order valence-corrected chi connectivity index (χ4v) is 5.86. The van der Waals surface area contributed by atoms with Crippen molar-refractivity contribution in [2.24, 2.45) is 17.8 Å². The van der Waals surface area contributed by atoms with Crippen LogP contribution < -0.4 is 5.32 Å². The Kier molecular flexibility index (Phi) is 4.62. The molecule has 7 heteroatoms. The molecule has 1 saturated carbocycles. The summed E-state index contributed by atoms with van der Waals surface area (Å²) in [6, 6.07) is 5.11. The number of anilines is 1. The van der Waals surface area contributed by atoms with Crippen LogP contribution in [0, 0.1) is 24.7 Å². The van der Waals surface area contributed by atoms with Gasteiger partial charge in [-0.25, -0.2) is 8.42 Å². The molecule has 26 heavy (non-hydrogen) atoms. The molecular weight excluding hydrogens is 352 g/mol. The third-order valence-corrected chi connectivity index (χ3v) is 7.70. The largest absolute Gasteiger partial charge is 0.379 e. The first kappa shape index (κ1) is 17.7. The lowest BCUT2D eigenvalue weighted by Gasteiger charge is -2.27. The molecule has 140 valence electrons. The average molecular weight is 376 g/mol. The van der Waals surface area contributed by atoms with Gasteiger partial charge in [-0.1, -0.05) is 18.2 Å². The van der Waals surface area contributed by atoms with Crippen molar-refractivity contribution in [3.63, 3.8) is 0 Å². The number of ether oxygens (including phenoxy) is 1. The van der Waals surface area contributed by atoms with Gasteiger partial charge in [-0.3, -0.25) is 4.79 Å². The Balaban J connectivity index is 1.54. The van der Waals surface area contributed by atoms with Crippen LogP contribution in [0.5, 0.6) is 0 Å². The fourth-order valence-electron chi connectivity index (χ4n) is 4.20. The second-order valence-electron chi connectivity index (χ2n) is 7.37. The van der Waals surface area contributed by atoms with E-state index in [1.807, 2.05) is 0 Å². The molecule has 2 aliphatic carbocycles. The van der Waals surface area contributed by atoms with E-state index in [-0.39, 0.29) is 16.7 Å². The Bertz CT molecular complexity index is 843. The molecule has 1 aliphatic heterocycles. The summed E-state index contributed by atoms with van der Waals surface area (Å²) in [5, 5.41) is 2.93. The lowest BCUT2D eigenvalue weighted by molar-refractivity contribution is -0.120. The second kappa shape index (κ2) is 6.79. The highest BCUT2D eigenvalue weighted by Gasteiger charge is 2.39. The molecule has 0 spiro atoms. The number of allylic oxidation sites excluding steroid dienone is 2. The zero-order valence-electron chi connectivity index (χ0n) is 14.8. The van der Waals surface area contributed by atoms with Crippen molar-refractivity contribution in [2.45, 2.75) is 24.7 Å². The van der Waals surface area contributed by atoms with E-state index in [2.05, 4.69) is 17.5 Å². The molecule has 1 aromatic rings. The molecule has 3 atom stereocenters. The maximum Gasteiger partial charge on any atom is 0.243 e. The van der Waals surface area contributed by atoms with Gasteiger partial charge < -0.3 is 10.1 Å². The number of fused-ring (bicyclic) bond motifs is 2. The highest BCUT2D eigenvalue weighted by atomic mass is 32.2. The van der Waals surface area contributed by atoms with Crippen LogP contribution in [0.3, 0.4) is 0 Å². The van der Waals surface area contributed by atoms with E-state index in [0.29, 0.717) is 49.4 Å². The van der Waals surface area contributed by atoms with Crippen molar-refractivity contribution in [3.8, 4) is 0 Å². The van der Waals surface area contributed by atoms with E-state index in [1.54, 1.807) is 25.1 Å². The summed E-state index contributed by atoms with van der Waals surface area (Å²) in [7, 11) is -3.59. The maximum absolute atomic E-state index is 13.0. The van der Waals surface area contributed by atoms with Crippen LogP contribution in [0.15, 0.2) is 35.2 Å². The Labute approximate surface area is 154 Å². The van der Waals surface area contributed by atoms with Crippen LogP contribution in [-0.4, -0.2) is 44.9 Å². The molecule has 4 rings (SSSR count). The number of hydrogen-bond acceptors (Lipinski definition) is 4. The number of carbonyl (C=O) groups excluding carboxylic acids is 1. The van der Waals surface area contributed by atoms with Gasteiger partial charge in [0.05, 0.1) is 18.1 Å². The monoisotopic (exact) mass is 376 g/mol. The van der Waals surface area contributed by atoms with Crippen LogP contribution in [0.1, 0.15) is 18.4 Å². The van der Waals surface area contributed by atoms with Gasteiger partial charge in [0.25, 0.3) is 0 Å². The third kappa shape index (κ3) is 3.19. The molecule has 0 aromatic heterocycles. The molecule has 2 bridgehead atoms. The Morgan fingerprint density at radius 3 is 2.62 bits per heavy atom. The molecule has 1 amide bonds. The van der Waals surface area contributed by atoms with Gasteiger partial charge in [0, 0.05) is 24.7 Å². The second-order valence-corrected chi connectivity index (χ2v) is 9.28. The Morgan fingerprint density at radius 1 is 1.19 bits per heavy atom. The SMILES string of the molecule is Cc1ccc(NC(=O)[C@H]2C[C@@H]3C=C[C@H]2C3)cc1S(=O)(=O)N1CCOCC1. The number of sulfonamides is 1. The molecule has 3 aliphatic rings. The summed E-state index contributed by atoms with van der Waals surface area (Å²) in [6.45, 7) is 3.31. The van der Waals surface area contributed by atoms with Crippen LogP contribution in [-0.2, 0) is 19.6 Å². The zero-order valence-corrected chi connectivity index (χ0v) is 15.7. The minimum Gasteiger partial charge on any atom is -0.379 e. The predicted molar refractivity (Wildman–Crippen MR) is 98.2 cm³/mol. The highest BCUT2D eigenvalue weighted by molar-refractivity contribution is 7.89. The molecule has 2 fully saturated rings. The quantitative estimate of drug-likeness (QED) is 0.817. The Morgan fingerprint density at radius 2 is 1.96 bits per heavy atom. The number of aryl methyl sites for hydroxylation is 1. The van der Waals surface area contributed by atoms with E-state index >= 15 is 0 Å². The lowest BCUT2D eigenvalue weighted by atomic mass is 9.93. The first-order valence-corrected chi connectivity index (χ1v) is 10.6. The standard InChI is InChI=1S/C19H24N2O4S/c1-13-2-5-16(20-19(22)17-11-14-3-4-15(17)10-14)12-18(13)26(23,24)21-6-8-25-9-7-21/h2-5,12,14-15,17H,6-11H2,1H3,(H,20,22)/t14-,15+,17+/m1/s1. The topological polar surface area (TPSA) is 75.7 Å². The van der Waals surface area contributed by atoms with Gasteiger partial charge >= 0.3 is 0 Å². The van der Waals surface area contributed by atoms with Crippen molar-refractivity contribution in [2.75, 3.05) is 31.6 Å². The minimum atomic E-state index is -3.59. The molecule has 1 N–H and O–H groups in total. The fraction of sp³-hybridized carbons (Fsp3) is 0.526. The zero-order chi connectivity index (χ0) is 18.3. The first-order valence-electron chi connectivity index (χ1n) is 9.13. The van der Waals surface area contributed by atoms with E-state index in [1.165, 1.54) is 4.31 Å². The number of amides is 1. The summed E-state index contributed by atoms with van der Waals surface area (Å²) >= 11 is 0. The van der Waals surface area contributed by atoms with Crippen LogP contribution in [0.4, 0.5) is 5.69 Å². The van der Waals surface area contributed by atoms with Crippen molar-refractivity contribution >= 4 is 21.6 Å². The highest BCUT2D eigenvalue weighted by Crippen LogP contribution is 2.43. The summed E-state index contributed by atoms with van der Waals surface area (Å²) in [4.78, 5) is 12.9. The predicted octanol–water partition coefficient (Wildman–Crippen LogP) is 2.17. The number of hydrogen-bond donors (Lipinski definition) is 1. The number of nitrogens with one attached hydrogen (secondary N) is 1. The number of nitrogens with zero attached hydrogens (tertiary/aromatic N) is 1. The van der Waals surface area contributed by atoms with Crippen molar-refractivity contribution in [1.82, 2.24) is 4.31 Å². The van der Waals surface area contributed by atoms with Gasteiger partial charge in [0.2, 0.25) is 15.9 Å². The summed E-state index contributed by atoms with van der Waals surface area (Å²) in [5.74, 6) is 0.819. The molecule has 0 radical (unpaired) electrons. The van der Waals surface area contributed by atoms with Gasteiger partial charge in [-0.15, -0.1) is 0 Å². The van der Waals surface area contributed by atoms with E-state index < -0.39 is 10.0 Å². The molecule has 1 saturated heterocycles. The molecule has 6 nitrogen and oxygen atoms in total. The van der Waals surface area contributed by atoms with Crippen LogP contribution in [0.2, 0.25) is 0 Å². The molecule has 1 aromatic carbocycles. The third-order valence-electron chi connectivity index (χ3n) is 5.66. The number of rotatable bonds is 4. The van der Waals surface area contributed by atoms with Crippen molar-refractivity contribution in [1.29, 1.82) is 0 Å². The molecule has 1 heterocycles. The molecule has 0 unspecified atom stereocenters. The Hall–Kier alpha value is -1.70. The average Bonchev–Trinajstić information content (AvgIpc) is 3.27. The summed E-state index contributed by atoms with van der Waals surface area (Å²) in [5.41, 5.74) is 1.22. The van der Waals surface area contributed by atoms with E-state index in [0.717, 1.165) is 12.8 Å². The normalized spacial score (nSPS) is 28.4. The van der Waals surface area contributed by atoms with Gasteiger partial charge in [-0.2, -0.15) is 4.31 Å². The van der Waals surface area contributed by atoms with Crippen LogP contribution >= 0.6 is 0 Å². The first-order chi connectivity index (χ1) is 12.4.